The molecule has 0 unspecified atom stereocenters. The van der Waals surface area contributed by atoms with E-state index in [0.29, 0.717) is 61.4 Å². The van der Waals surface area contributed by atoms with E-state index < -0.39 is 5.82 Å². The third-order valence-electron chi connectivity index (χ3n) is 5.42. The molecule has 2 N–H and O–H groups in total. The van der Waals surface area contributed by atoms with Crippen LogP contribution in [0, 0.1) is 5.82 Å². The maximum atomic E-state index is 14.2. The van der Waals surface area contributed by atoms with E-state index in [-0.39, 0.29) is 24.3 Å². The molecule has 2 heterocycles. The first-order valence-corrected chi connectivity index (χ1v) is 12.0. The van der Waals surface area contributed by atoms with Crippen molar-refractivity contribution in [3.8, 4) is 17.2 Å². The van der Waals surface area contributed by atoms with Gasteiger partial charge in [0.1, 0.15) is 5.75 Å². The Balaban J connectivity index is 1.37. The molecule has 0 radical (unpaired) electrons. The molecule has 1 fully saturated rings. The second-order valence-corrected chi connectivity index (χ2v) is 8.01. The lowest BCUT2D eigenvalue weighted by atomic mass is 10.2. The summed E-state index contributed by atoms with van der Waals surface area (Å²) in [5.41, 5.74) is 3.97. The minimum atomic E-state index is -0.505. The third kappa shape index (κ3) is 7.07. The molecule has 0 aliphatic carbocycles. The zero-order valence-corrected chi connectivity index (χ0v) is 21.1. The van der Waals surface area contributed by atoms with Crippen molar-refractivity contribution in [3.63, 3.8) is 0 Å². The number of ether oxygens (including phenoxy) is 4. The van der Waals surface area contributed by atoms with Crippen molar-refractivity contribution in [1.82, 2.24) is 9.97 Å². The summed E-state index contributed by atoms with van der Waals surface area (Å²) >= 11 is 0. The zero-order valence-electron chi connectivity index (χ0n) is 21.1. The molecule has 1 saturated heterocycles. The largest absolute Gasteiger partial charge is 0.495 e. The van der Waals surface area contributed by atoms with E-state index in [0.717, 1.165) is 6.20 Å². The molecule has 2 aromatic carbocycles. The monoisotopic (exact) mass is 524 g/mol. The number of nitrogens with one attached hydrogen (secondary N) is 2. The highest BCUT2D eigenvalue weighted by Crippen LogP contribution is 2.28. The van der Waals surface area contributed by atoms with Gasteiger partial charge in [-0.05, 0) is 42.8 Å². The third-order valence-corrected chi connectivity index (χ3v) is 5.42. The van der Waals surface area contributed by atoms with Crippen LogP contribution >= 0.6 is 0 Å². The highest BCUT2D eigenvalue weighted by Gasteiger charge is 2.18. The summed E-state index contributed by atoms with van der Waals surface area (Å²) < 4.78 is 36.2. The van der Waals surface area contributed by atoms with Crippen molar-refractivity contribution in [2.24, 2.45) is 5.10 Å². The fourth-order valence-electron chi connectivity index (χ4n) is 3.64. The van der Waals surface area contributed by atoms with Crippen LogP contribution in [0.1, 0.15) is 12.5 Å². The average Bonchev–Trinajstić information content (AvgIpc) is 2.94. The van der Waals surface area contributed by atoms with Gasteiger partial charge >= 0.3 is 0 Å². The van der Waals surface area contributed by atoms with Gasteiger partial charge in [-0.2, -0.15) is 10.1 Å². The minimum absolute atomic E-state index is 0.162. The van der Waals surface area contributed by atoms with Crippen molar-refractivity contribution >= 4 is 29.6 Å². The Morgan fingerprint density at radius 2 is 1.97 bits per heavy atom. The van der Waals surface area contributed by atoms with Gasteiger partial charge in [-0.1, -0.05) is 12.1 Å². The van der Waals surface area contributed by atoms with E-state index in [9.17, 15) is 9.18 Å². The number of rotatable bonds is 11. The molecule has 4 rings (SSSR count). The summed E-state index contributed by atoms with van der Waals surface area (Å²) in [7, 11) is 1.53. The molecule has 0 atom stereocenters. The van der Waals surface area contributed by atoms with Crippen LogP contribution in [-0.4, -0.2) is 68.7 Å². The van der Waals surface area contributed by atoms with Crippen molar-refractivity contribution in [2.75, 3.05) is 62.3 Å². The topological polar surface area (TPSA) is 119 Å². The van der Waals surface area contributed by atoms with Gasteiger partial charge < -0.3 is 29.2 Å². The molecule has 11 nitrogen and oxygen atoms in total. The van der Waals surface area contributed by atoms with Crippen LogP contribution in [0.2, 0.25) is 0 Å². The summed E-state index contributed by atoms with van der Waals surface area (Å²) in [6.45, 7) is 4.15. The Hall–Kier alpha value is -4.45. The van der Waals surface area contributed by atoms with Gasteiger partial charge in [-0.15, -0.1) is 0 Å². The SMILES string of the molecule is CCOc1cc(/C=N\Nc2ncc(F)c(N3CCOCC3)n2)ccc1OCC(=O)Nc1ccccc1OC. The van der Waals surface area contributed by atoms with E-state index in [1.54, 1.807) is 47.5 Å². The number of nitrogens with zero attached hydrogens (tertiary/aromatic N) is 4. The van der Waals surface area contributed by atoms with Crippen LogP contribution in [-0.2, 0) is 9.53 Å². The highest BCUT2D eigenvalue weighted by molar-refractivity contribution is 5.93. The van der Waals surface area contributed by atoms with Gasteiger partial charge in [0.05, 0.1) is 45.0 Å². The fourth-order valence-corrected chi connectivity index (χ4v) is 3.64. The Morgan fingerprint density at radius 3 is 2.76 bits per heavy atom. The number of para-hydroxylation sites is 2. The van der Waals surface area contributed by atoms with Crippen molar-refractivity contribution in [1.29, 1.82) is 0 Å². The lowest BCUT2D eigenvalue weighted by molar-refractivity contribution is -0.118. The van der Waals surface area contributed by atoms with E-state index in [1.165, 1.54) is 7.11 Å². The molecule has 12 heteroatoms. The number of hydrogen-bond donors (Lipinski definition) is 2. The number of morpholine rings is 1. The maximum absolute atomic E-state index is 14.2. The second-order valence-electron chi connectivity index (χ2n) is 8.01. The maximum Gasteiger partial charge on any atom is 0.262 e. The van der Waals surface area contributed by atoms with Gasteiger partial charge in [0, 0.05) is 13.1 Å². The van der Waals surface area contributed by atoms with Crippen LogP contribution in [0.4, 0.5) is 21.8 Å². The van der Waals surface area contributed by atoms with Crippen molar-refractivity contribution < 1.29 is 28.1 Å². The van der Waals surface area contributed by atoms with Crippen molar-refractivity contribution in [3.05, 3.63) is 60.0 Å². The first kappa shape index (κ1) is 26.6. The van der Waals surface area contributed by atoms with Gasteiger partial charge in [0.2, 0.25) is 5.95 Å². The zero-order chi connectivity index (χ0) is 26.7. The standard InChI is InChI=1S/C26H29FN6O5/c1-3-37-23-14-18(8-9-22(23)38-17-24(34)30-20-6-4-5-7-21(20)35-2)15-29-32-26-28-16-19(27)25(31-26)33-10-12-36-13-11-33/h4-9,14-16H,3,10-13,17H2,1-2H3,(H,30,34)(H,28,31,32)/b29-15-. The number of hydrazone groups is 1. The summed E-state index contributed by atoms with van der Waals surface area (Å²) in [5.74, 6) is 0.929. The summed E-state index contributed by atoms with van der Waals surface area (Å²) in [5, 5.41) is 6.92. The normalized spacial score (nSPS) is 13.3. The molecular weight excluding hydrogens is 495 g/mol. The highest BCUT2D eigenvalue weighted by atomic mass is 19.1. The fraction of sp³-hybridized carbons (Fsp3) is 0.308. The number of halogens is 1. The Labute approximate surface area is 219 Å². The Morgan fingerprint density at radius 1 is 1.16 bits per heavy atom. The lowest BCUT2D eigenvalue weighted by Gasteiger charge is -2.27. The number of aromatic nitrogens is 2. The molecule has 200 valence electrons. The first-order valence-electron chi connectivity index (χ1n) is 12.0. The number of amides is 1. The summed E-state index contributed by atoms with van der Waals surface area (Å²) in [4.78, 5) is 22.4. The summed E-state index contributed by atoms with van der Waals surface area (Å²) in [6, 6.07) is 12.3. The molecule has 0 bridgehead atoms. The number of methoxy groups -OCH3 is 1. The molecule has 0 spiro atoms. The lowest BCUT2D eigenvalue weighted by Crippen LogP contribution is -2.37. The molecule has 1 amide bonds. The van der Waals surface area contributed by atoms with Crippen LogP contribution in [0.3, 0.4) is 0 Å². The minimum Gasteiger partial charge on any atom is -0.495 e. The van der Waals surface area contributed by atoms with Crippen LogP contribution in [0.15, 0.2) is 53.8 Å². The van der Waals surface area contributed by atoms with Gasteiger partial charge in [-0.3, -0.25) is 4.79 Å². The second kappa shape index (κ2) is 13.2. The number of anilines is 3. The Kier molecular flexibility index (Phi) is 9.24. The van der Waals surface area contributed by atoms with E-state index >= 15 is 0 Å². The van der Waals surface area contributed by atoms with E-state index in [1.807, 2.05) is 13.0 Å². The molecule has 0 saturated carbocycles. The number of carbonyl (C=O) groups is 1. The molecular formula is C26H29FN6O5. The van der Waals surface area contributed by atoms with Crippen LogP contribution in [0.25, 0.3) is 0 Å². The van der Waals surface area contributed by atoms with Gasteiger partial charge in [0.15, 0.2) is 29.7 Å². The average molecular weight is 525 g/mol. The smallest absolute Gasteiger partial charge is 0.262 e. The van der Waals surface area contributed by atoms with Crippen LogP contribution < -0.4 is 29.9 Å². The molecule has 1 aliphatic heterocycles. The van der Waals surface area contributed by atoms with Crippen LogP contribution in [0.5, 0.6) is 17.2 Å². The number of hydrogen-bond acceptors (Lipinski definition) is 10. The molecule has 3 aromatic rings. The molecule has 38 heavy (non-hydrogen) atoms. The Bertz CT molecular complexity index is 1270. The molecule has 1 aliphatic rings. The molecule has 1 aromatic heterocycles. The van der Waals surface area contributed by atoms with Crippen molar-refractivity contribution in [2.45, 2.75) is 6.92 Å². The first-order chi connectivity index (χ1) is 18.6. The van der Waals surface area contributed by atoms with E-state index in [2.05, 4.69) is 25.8 Å². The van der Waals surface area contributed by atoms with E-state index in [4.69, 9.17) is 18.9 Å². The number of carbonyl (C=O) groups excluding carboxylic acids is 1. The summed E-state index contributed by atoms with van der Waals surface area (Å²) in [6.07, 6.45) is 2.65. The number of benzene rings is 2. The predicted molar refractivity (Wildman–Crippen MR) is 141 cm³/mol. The van der Waals surface area contributed by atoms with Gasteiger partial charge in [0.25, 0.3) is 5.91 Å². The van der Waals surface area contributed by atoms with Gasteiger partial charge in [-0.25, -0.2) is 14.8 Å². The predicted octanol–water partition coefficient (Wildman–Crippen LogP) is 3.32. The quantitative estimate of drug-likeness (QED) is 0.288.